The van der Waals surface area contributed by atoms with Gasteiger partial charge in [-0.1, -0.05) is 23.7 Å². The fourth-order valence-electron chi connectivity index (χ4n) is 1.66. The highest BCUT2D eigenvalue weighted by Gasteiger charge is 2.03. The Kier molecular flexibility index (Phi) is 8.35. The quantitative estimate of drug-likeness (QED) is 0.455. The summed E-state index contributed by atoms with van der Waals surface area (Å²) in [5.74, 6) is 0.979. The number of nitrogens with zero attached hydrogens (tertiary/aromatic N) is 3. The Morgan fingerprint density at radius 3 is 2.28 bits per heavy atom. The van der Waals surface area contributed by atoms with Crippen molar-refractivity contribution in [3.05, 3.63) is 34.9 Å². The molecule has 0 saturated heterocycles. The number of hydrogen-bond donors (Lipinski definition) is 0. The molecular weight excluding hydrogens is 361 g/mol. The molecule has 0 aromatic heterocycles. The van der Waals surface area contributed by atoms with Crippen LogP contribution < -0.4 is 0 Å². The Labute approximate surface area is 132 Å². The summed E-state index contributed by atoms with van der Waals surface area (Å²) in [5.41, 5.74) is 1.22. The minimum Gasteiger partial charge on any atom is -0.349 e. The van der Waals surface area contributed by atoms with E-state index < -0.39 is 0 Å². The van der Waals surface area contributed by atoms with Crippen LogP contribution in [-0.2, 0) is 6.42 Å². The molecule has 0 amide bonds. The Morgan fingerprint density at radius 1 is 1.17 bits per heavy atom. The van der Waals surface area contributed by atoms with Crippen molar-refractivity contribution in [1.82, 2.24) is 9.80 Å². The molecule has 0 bridgehead atoms. The van der Waals surface area contributed by atoms with Gasteiger partial charge in [0.25, 0.3) is 0 Å². The minimum absolute atomic E-state index is 0. The van der Waals surface area contributed by atoms with E-state index in [1.807, 2.05) is 56.2 Å². The van der Waals surface area contributed by atoms with E-state index >= 15 is 0 Å². The predicted molar refractivity (Wildman–Crippen MR) is 90.2 cm³/mol. The van der Waals surface area contributed by atoms with Gasteiger partial charge in [-0.15, -0.1) is 24.0 Å². The van der Waals surface area contributed by atoms with Gasteiger partial charge in [-0.25, -0.2) is 0 Å². The van der Waals surface area contributed by atoms with Crippen LogP contribution in [0.5, 0.6) is 0 Å². The van der Waals surface area contributed by atoms with Gasteiger partial charge in [-0.2, -0.15) is 0 Å². The molecule has 0 radical (unpaired) electrons. The van der Waals surface area contributed by atoms with Gasteiger partial charge in [0.2, 0.25) is 0 Å². The van der Waals surface area contributed by atoms with Crippen molar-refractivity contribution in [2.75, 3.05) is 34.7 Å². The summed E-state index contributed by atoms with van der Waals surface area (Å²) in [5, 5.41) is 0.784. The van der Waals surface area contributed by atoms with Crippen LogP contribution in [0.2, 0.25) is 5.02 Å². The van der Waals surface area contributed by atoms with Crippen LogP contribution in [0.25, 0.3) is 0 Å². The van der Waals surface area contributed by atoms with E-state index in [-0.39, 0.29) is 24.0 Å². The van der Waals surface area contributed by atoms with Crippen molar-refractivity contribution in [3.8, 4) is 0 Å². The molecule has 0 aliphatic heterocycles. The lowest BCUT2D eigenvalue weighted by Crippen LogP contribution is -2.35. The molecule has 5 heteroatoms. The van der Waals surface area contributed by atoms with E-state index in [9.17, 15) is 0 Å². The van der Waals surface area contributed by atoms with E-state index in [0.29, 0.717) is 0 Å². The van der Waals surface area contributed by atoms with Crippen molar-refractivity contribution >= 4 is 41.5 Å². The van der Waals surface area contributed by atoms with Crippen LogP contribution in [0, 0.1) is 0 Å². The maximum Gasteiger partial charge on any atom is 0.195 e. The van der Waals surface area contributed by atoms with Crippen LogP contribution in [0.4, 0.5) is 0 Å². The number of hydrogen-bond acceptors (Lipinski definition) is 1. The second-order valence-electron chi connectivity index (χ2n) is 4.35. The van der Waals surface area contributed by atoms with E-state index in [4.69, 9.17) is 11.6 Å². The third-order valence-electron chi connectivity index (χ3n) is 2.34. The Bertz CT molecular complexity index is 382. The van der Waals surface area contributed by atoms with Gasteiger partial charge in [0.1, 0.15) is 0 Å². The highest BCUT2D eigenvalue weighted by Crippen LogP contribution is 2.11. The Morgan fingerprint density at radius 2 is 1.78 bits per heavy atom. The first-order valence-corrected chi connectivity index (χ1v) is 6.02. The average Bonchev–Trinajstić information content (AvgIpc) is 2.23. The summed E-state index contributed by atoms with van der Waals surface area (Å²) in [6.45, 7) is 0.770. The third kappa shape index (κ3) is 5.91. The molecule has 0 aliphatic carbocycles. The fourth-order valence-corrected chi connectivity index (χ4v) is 1.87. The summed E-state index contributed by atoms with van der Waals surface area (Å²) in [4.78, 5) is 8.60. The molecule has 102 valence electrons. The molecule has 0 saturated carbocycles. The van der Waals surface area contributed by atoms with Gasteiger partial charge in [-0.05, 0) is 24.1 Å². The normalized spacial score (nSPS) is 9.39. The summed E-state index contributed by atoms with van der Waals surface area (Å²) >= 11 is 5.93. The summed E-state index contributed by atoms with van der Waals surface area (Å²) in [6, 6.07) is 7.92. The molecule has 0 atom stereocenters. The van der Waals surface area contributed by atoms with Crippen LogP contribution in [0.15, 0.2) is 29.3 Å². The molecule has 0 aliphatic rings. The van der Waals surface area contributed by atoms with Crippen LogP contribution in [0.3, 0.4) is 0 Å². The SMILES string of the molecule is CN(C)C(=NCCc1cccc(Cl)c1)N(C)C.I. The predicted octanol–water partition coefficient (Wildman–Crippen LogP) is 2.98. The van der Waals surface area contributed by atoms with Crippen molar-refractivity contribution in [1.29, 1.82) is 0 Å². The van der Waals surface area contributed by atoms with Gasteiger partial charge < -0.3 is 9.80 Å². The number of rotatable bonds is 3. The summed E-state index contributed by atoms with van der Waals surface area (Å²) < 4.78 is 0. The fraction of sp³-hybridized carbons (Fsp3) is 0.462. The van der Waals surface area contributed by atoms with Crippen molar-refractivity contribution in [2.24, 2.45) is 4.99 Å². The zero-order chi connectivity index (χ0) is 12.8. The molecular formula is C13H21ClIN3. The van der Waals surface area contributed by atoms with Crippen molar-refractivity contribution in [3.63, 3.8) is 0 Å². The smallest absolute Gasteiger partial charge is 0.195 e. The van der Waals surface area contributed by atoms with Crippen LogP contribution in [0.1, 0.15) is 5.56 Å². The number of halogens is 2. The lowest BCUT2D eigenvalue weighted by atomic mass is 10.1. The number of aliphatic imine (C=N–C) groups is 1. The molecule has 0 spiro atoms. The van der Waals surface area contributed by atoms with E-state index in [0.717, 1.165) is 23.9 Å². The maximum atomic E-state index is 5.93. The molecule has 0 fully saturated rings. The third-order valence-corrected chi connectivity index (χ3v) is 2.58. The molecule has 1 aromatic carbocycles. The number of guanidine groups is 1. The van der Waals surface area contributed by atoms with Gasteiger partial charge in [0.05, 0.1) is 0 Å². The molecule has 3 nitrogen and oxygen atoms in total. The van der Waals surface area contributed by atoms with Gasteiger partial charge in [-0.3, -0.25) is 4.99 Å². The van der Waals surface area contributed by atoms with Gasteiger partial charge in [0.15, 0.2) is 5.96 Å². The Balaban J connectivity index is 0.00000289. The minimum atomic E-state index is 0. The van der Waals surface area contributed by atoms with Crippen molar-refractivity contribution < 1.29 is 0 Å². The zero-order valence-corrected chi connectivity index (χ0v) is 14.4. The first kappa shape index (κ1) is 17.5. The summed E-state index contributed by atoms with van der Waals surface area (Å²) in [7, 11) is 7.99. The van der Waals surface area contributed by atoms with Crippen LogP contribution >= 0.6 is 35.6 Å². The first-order valence-electron chi connectivity index (χ1n) is 5.64. The Hall–Kier alpha value is -0.490. The summed E-state index contributed by atoms with van der Waals surface area (Å²) in [6.07, 6.45) is 0.908. The van der Waals surface area contributed by atoms with E-state index in [1.165, 1.54) is 5.56 Å². The zero-order valence-electron chi connectivity index (χ0n) is 11.4. The standard InChI is InChI=1S/C13H20ClN3.HI/c1-16(2)13(17(3)4)15-9-8-11-6-5-7-12(14)10-11;/h5-7,10H,8-9H2,1-4H3;1H. The molecule has 0 unspecified atom stereocenters. The van der Waals surface area contributed by atoms with Crippen LogP contribution in [-0.4, -0.2) is 50.5 Å². The molecule has 1 aromatic rings. The molecule has 18 heavy (non-hydrogen) atoms. The lowest BCUT2D eigenvalue weighted by molar-refractivity contribution is 0.479. The second-order valence-corrected chi connectivity index (χ2v) is 4.79. The van der Waals surface area contributed by atoms with E-state index in [2.05, 4.69) is 11.1 Å². The largest absolute Gasteiger partial charge is 0.349 e. The lowest BCUT2D eigenvalue weighted by Gasteiger charge is -2.22. The van der Waals surface area contributed by atoms with Gasteiger partial charge in [0, 0.05) is 39.8 Å². The second kappa shape index (κ2) is 8.58. The van der Waals surface area contributed by atoms with E-state index in [1.54, 1.807) is 0 Å². The number of benzene rings is 1. The molecule has 0 heterocycles. The highest BCUT2D eigenvalue weighted by molar-refractivity contribution is 14.0. The molecule has 1 rings (SSSR count). The van der Waals surface area contributed by atoms with Gasteiger partial charge >= 0.3 is 0 Å². The maximum absolute atomic E-state index is 5.93. The first-order chi connectivity index (χ1) is 8.00. The molecule has 0 N–H and O–H groups in total. The topological polar surface area (TPSA) is 18.8 Å². The highest BCUT2D eigenvalue weighted by atomic mass is 127. The average molecular weight is 382 g/mol. The monoisotopic (exact) mass is 381 g/mol. The van der Waals surface area contributed by atoms with Crippen molar-refractivity contribution in [2.45, 2.75) is 6.42 Å².